The van der Waals surface area contributed by atoms with Crippen molar-refractivity contribution in [3.63, 3.8) is 0 Å². The van der Waals surface area contributed by atoms with Crippen molar-refractivity contribution in [1.29, 1.82) is 0 Å². The van der Waals surface area contributed by atoms with E-state index in [1.54, 1.807) is 6.07 Å². The number of ether oxygens (including phenoxy) is 1. The molecule has 1 aliphatic rings. The molecule has 1 N–H and O–H groups in total. The Morgan fingerprint density at radius 2 is 2.47 bits per heavy atom. The van der Waals surface area contributed by atoms with Crippen LogP contribution in [0.25, 0.3) is 0 Å². The van der Waals surface area contributed by atoms with E-state index >= 15 is 0 Å². The van der Waals surface area contributed by atoms with Crippen molar-refractivity contribution in [2.24, 2.45) is 5.92 Å². The molecule has 2 unspecified atom stereocenters. The second-order valence-corrected chi connectivity index (χ2v) is 4.46. The van der Waals surface area contributed by atoms with E-state index in [4.69, 9.17) is 4.74 Å². The van der Waals surface area contributed by atoms with Gasteiger partial charge in [-0.05, 0) is 31.5 Å². The topological polar surface area (TPSA) is 34.2 Å². The summed E-state index contributed by atoms with van der Waals surface area (Å²) in [6.07, 6.45) is 3.40. The molecule has 94 valence electrons. The number of hydrogen-bond acceptors (Lipinski definition) is 3. The highest BCUT2D eigenvalue weighted by molar-refractivity contribution is 5.11. The van der Waals surface area contributed by atoms with Gasteiger partial charge >= 0.3 is 0 Å². The number of hydrogen-bond donors (Lipinski definition) is 1. The number of aromatic nitrogens is 1. The lowest BCUT2D eigenvalue weighted by Gasteiger charge is -2.23. The van der Waals surface area contributed by atoms with Crippen LogP contribution in [0, 0.1) is 11.7 Å². The van der Waals surface area contributed by atoms with E-state index in [2.05, 4.69) is 17.2 Å². The van der Waals surface area contributed by atoms with Gasteiger partial charge in [-0.15, -0.1) is 0 Å². The fraction of sp³-hybridized carbons (Fsp3) is 0.615. The highest BCUT2D eigenvalue weighted by atomic mass is 19.1. The first kappa shape index (κ1) is 12.5. The third kappa shape index (κ3) is 3.23. The standard InChI is InChI=1S/C13H19FN2O/c1-2-6-15-13(10-5-7-17-9-10)12-4-3-11(14)8-16-12/h3-4,8,10,13,15H,2,5-7,9H2,1H3. The van der Waals surface area contributed by atoms with Crippen molar-refractivity contribution in [3.05, 3.63) is 29.8 Å². The van der Waals surface area contributed by atoms with Crippen LogP contribution in [0.3, 0.4) is 0 Å². The molecule has 0 bridgehead atoms. The minimum absolute atomic E-state index is 0.179. The molecule has 4 heteroatoms. The molecule has 0 aromatic carbocycles. The smallest absolute Gasteiger partial charge is 0.141 e. The lowest BCUT2D eigenvalue weighted by Crippen LogP contribution is -2.30. The monoisotopic (exact) mass is 238 g/mol. The molecule has 1 aromatic rings. The van der Waals surface area contributed by atoms with Crippen LogP contribution < -0.4 is 5.32 Å². The molecule has 2 rings (SSSR count). The molecule has 1 saturated heterocycles. The van der Waals surface area contributed by atoms with E-state index in [1.165, 1.54) is 12.3 Å². The summed E-state index contributed by atoms with van der Waals surface area (Å²) in [5, 5.41) is 3.48. The van der Waals surface area contributed by atoms with Crippen LogP contribution >= 0.6 is 0 Å². The van der Waals surface area contributed by atoms with E-state index in [1.807, 2.05) is 0 Å². The van der Waals surface area contributed by atoms with Gasteiger partial charge in [0.25, 0.3) is 0 Å². The quantitative estimate of drug-likeness (QED) is 0.854. The second-order valence-electron chi connectivity index (χ2n) is 4.46. The molecule has 0 saturated carbocycles. The summed E-state index contributed by atoms with van der Waals surface area (Å²) >= 11 is 0. The Kier molecular flexibility index (Phi) is 4.45. The predicted octanol–water partition coefficient (Wildman–Crippen LogP) is 2.30. The van der Waals surface area contributed by atoms with Gasteiger partial charge in [-0.25, -0.2) is 4.39 Å². The van der Waals surface area contributed by atoms with Gasteiger partial charge < -0.3 is 10.1 Å². The fourth-order valence-electron chi connectivity index (χ4n) is 2.20. The second kappa shape index (κ2) is 6.07. The number of pyridine rings is 1. The van der Waals surface area contributed by atoms with Gasteiger partial charge in [0, 0.05) is 12.5 Å². The number of rotatable bonds is 5. The molecule has 2 atom stereocenters. The predicted molar refractivity (Wildman–Crippen MR) is 64.2 cm³/mol. The Labute approximate surface area is 101 Å². The average molecular weight is 238 g/mol. The Hall–Kier alpha value is -1.00. The fourth-order valence-corrected chi connectivity index (χ4v) is 2.20. The third-order valence-corrected chi connectivity index (χ3v) is 3.12. The minimum Gasteiger partial charge on any atom is -0.381 e. The molecular weight excluding hydrogens is 219 g/mol. The van der Waals surface area contributed by atoms with E-state index in [9.17, 15) is 4.39 Å². The molecule has 2 heterocycles. The molecule has 1 aliphatic heterocycles. The molecule has 3 nitrogen and oxygen atoms in total. The molecule has 1 aromatic heterocycles. The molecule has 1 fully saturated rings. The Morgan fingerprint density at radius 1 is 1.59 bits per heavy atom. The SMILES string of the molecule is CCCNC(c1ccc(F)cn1)C1CCOC1. The van der Waals surface area contributed by atoms with Gasteiger partial charge in [-0.2, -0.15) is 0 Å². The van der Waals surface area contributed by atoms with E-state index in [-0.39, 0.29) is 11.9 Å². The number of halogens is 1. The lowest BCUT2D eigenvalue weighted by molar-refractivity contribution is 0.176. The molecule has 0 aliphatic carbocycles. The highest BCUT2D eigenvalue weighted by Gasteiger charge is 2.27. The maximum absolute atomic E-state index is 12.9. The highest BCUT2D eigenvalue weighted by Crippen LogP contribution is 2.27. The van der Waals surface area contributed by atoms with E-state index in [0.717, 1.165) is 38.3 Å². The number of nitrogens with one attached hydrogen (secondary N) is 1. The molecule has 0 spiro atoms. The van der Waals surface area contributed by atoms with Crippen molar-refractivity contribution in [2.45, 2.75) is 25.8 Å². The zero-order valence-corrected chi connectivity index (χ0v) is 10.2. The molecular formula is C13H19FN2O. The van der Waals surface area contributed by atoms with Crippen molar-refractivity contribution >= 4 is 0 Å². The molecule has 0 radical (unpaired) electrons. The van der Waals surface area contributed by atoms with Crippen molar-refractivity contribution in [1.82, 2.24) is 10.3 Å². The Balaban J connectivity index is 2.10. The normalized spacial score (nSPS) is 21.6. The summed E-state index contributed by atoms with van der Waals surface area (Å²) in [5.74, 6) is 0.158. The maximum Gasteiger partial charge on any atom is 0.141 e. The van der Waals surface area contributed by atoms with E-state index < -0.39 is 0 Å². The van der Waals surface area contributed by atoms with Crippen LogP contribution in [0.2, 0.25) is 0 Å². The first-order valence-corrected chi connectivity index (χ1v) is 6.24. The maximum atomic E-state index is 12.9. The van der Waals surface area contributed by atoms with Crippen LogP contribution in [0.5, 0.6) is 0 Å². The van der Waals surface area contributed by atoms with Crippen LogP contribution in [-0.4, -0.2) is 24.7 Å². The molecule has 17 heavy (non-hydrogen) atoms. The summed E-state index contributed by atoms with van der Waals surface area (Å²) in [7, 11) is 0. The zero-order chi connectivity index (χ0) is 12.1. The van der Waals surface area contributed by atoms with Gasteiger partial charge in [0.1, 0.15) is 5.82 Å². The van der Waals surface area contributed by atoms with Crippen molar-refractivity contribution in [3.8, 4) is 0 Å². The lowest BCUT2D eigenvalue weighted by atomic mass is 9.95. The largest absolute Gasteiger partial charge is 0.381 e. The summed E-state index contributed by atoms with van der Waals surface area (Å²) in [6.45, 7) is 4.66. The van der Waals surface area contributed by atoms with Gasteiger partial charge in [0.15, 0.2) is 0 Å². The summed E-state index contributed by atoms with van der Waals surface area (Å²) < 4.78 is 18.3. The Bertz CT molecular complexity index is 336. The first-order valence-electron chi connectivity index (χ1n) is 6.24. The van der Waals surface area contributed by atoms with Crippen molar-refractivity contribution < 1.29 is 9.13 Å². The van der Waals surface area contributed by atoms with Crippen molar-refractivity contribution in [2.75, 3.05) is 19.8 Å². The van der Waals surface area contributed by atoms with Gasteiger partial charge in [0.2, 0.25) is 0 Å². The summed E-state index contributed by atoms with van der Waals surface area (Å²) in [4.78, 5) is 4.18. The third-order valence-electron chi connectivity index (χ3n) is 3.12. The van der Waals surface area contributed by atoms with Crippen LogP contribution in [0.15, 0.2) is 18.3 Å². The molecule has 0 amide bonds. The van der Waals surface area contributed by atoms with Crippen LogP contribution in [0.4, 0.5) is 4.39 Å². The first-order chi connectivity index (χ1) is 8.31. The minimum atomic E-state index is -0.286. The average Bonchev–Trinajstić information content (AvgIpc) is 2.85. The van der Waals surface area contributed by atoms with Crippen LogP contribution in [0.1, 0.15) is 31.5 Å². The van der Waals surface area contributed by atoms with E-state index in [0.29, 0.717) is 5.92 Å². The van der Waals surface area contributed by atoms with Crippen LogP contribution in [-0.2, 0) is 4.74 Å². The summed E-state index contributed by atoms with van der Waals surface area (Å²) in [5.41, 5.74) is 0.912. The zero-order valence-electron chi connectivity index (χ0n) is 10.2. The number of nitrogens with zero attached hydrogens (tertiary/aromatic N) is 1. The Morgan fingerprint density at radius 3 is 3.06 bits per heavy atom. The van der Waals surface area contributed by atoms with Gasteiger partial charge in [-0.1, -0.05) is 6.92 Å². The van der Waals surface area contributed by atoms with Gasteiger partial charge in [0.05, 0.1) is 24.5 Å². The summed E-state index contributed by atoms with van der Waals surface area (Å²) in [6, 6.07) is 3.41. The van der Waals surface area contributed by atoms with Gasteiger partial charge in [-0.3, -0.25) is 4.98 Å².